The largest absolute Gasteiger partial charge is 0.493 e. The first-order valence-corrected chi connectivity index (χ1v) is 6.37. The molecule has 0 aliphatic rings. The van der Waals surface area contributed by atoms with Crippen LogP contribution in [0.3, 0.4) is 0 Å². The van der Waals surface area contributed by atoms with Gasteiger partial charge in [-0.3, -0.25) is 9.48 Å². The van der Waals surface area contributed by atoms with Gasteiger partial charge in [-0.15, -0.1) is 0 Å². The van der Waals surface area contributed by atoms with Crippen LogP contribution in [0, 0.1) is 0 Å². The van der Waals surface area contributed by atoms with Gasteiger partial charge >= 0.3 is 0 Å². The molecule has 0 amide bonds. The van der Waals surface area contributed by atoms with E-state index in [2.05, 4.69) is 18.9 Å². The zero-order chi connectivity index (χ0) is 12.7. The van der Waals surface area contributed by atoms with E-state index in [1.54, 1.807) is 18.0 Å². The van der Waals surface area contributed by atoms with Crippen LogP contribution in [0.4, 0.5) is 0 Å². The number of unbranched alkanes of at least 4 members (excludes halogenated alkanes) is 2. The summed E-state index contributed by atoms with van der Waals surface area (Å²) in [6, 6.07) is 0. The highest BCUT2D eigenvalue weighted by Gasteiger charge is 2.18. The Morgan fingerprint density at radius 2 is 2.12 bits per heavy atom. The van der Waals surface area contributed by atoms with Crippen LogP contribution >= 0.6 is 0 Å². The molecule has 4 nitrogen and oxygen atoms in total. The average Bonchev–Trinajstić information content (AvgIpc) is 2.73. The Morgan fingerprint density at radius 1 is 1.35 bits per heavy atom. The lowest BCUT2D eigenvalue weighted by Crippen LogP contribution is -2.11. The van der Waals surface area contributed by atoms with Gasteiger partial charge in [-0.1, -0.05) is 26.7 Å². The Balaban J connectivity index is 2.77. The number of methoxy groups -OCH3 is 1. The maximum absolute atomic E-state index is 12.1. The second-order valence-corrected chi connectivity index (χ2v) is 4.16. The summed E-state index contributed by atoms with van der Waals surface area (Å²) in [6.07, 6.45) is 6.33. The molecule has 0 fully saturated rings. The van der Waals surface area contributed by atoms with Gasteiger partial charge in [0.15, 0.2) is 11.5 Å². The first kappa shape index (κ1) is 13.7. The van der Waals surface area contributed by atoms with Crippen molar-refractivity contribution in [1.29, 1.82) is 0 Å². The summed E-state index contributed by atoms with van der Waals surface area (Å²) in [5.74, 6) is 0.737. The Morgan fingerprint density at radius 3 is 2.71 bits per heavy atom. The number of nitrogens with zero attached hydrogens (tertiary/aromatic N) is 2. The van der Waals surface area contributed by atoms with Crippen molar-refractivity contribution < 1.29 is 9.53 Å². The highest BCUT2D eigenvalue weighted by Crippen LogP contribution is 2.20. The summed E-state index contributed by atoms with van der Waals surface area (Å²) in [6.45, 7) is 4.96. The fraction of sp³-hybridized carbons (Fsp3) is 0.692. The monoisotopic (exact) mass is 238 g/mol. The summed E-state index contributed by atoms with van der Waals surface area (Å²) in [7, 11) is 1.58. The molecule has 1 rings (SSSR count). The minimum atomic E-state index is 0.140. The lowest BCUT2D eigenvalue weighted by molar-refractivity contribution is 0.0965. The number of hydrogen-bond donors (Lipinski definition) is 0. The summed E-state index contributed by atoms with van der Waals surface area (Å²) >= 11 is 0. The molecule has 0 radical (unpaired) electrons. The number of rotatable bonds is 8. The maximum Gasteiger partial charge on any atom is 0.184 e. The third-order valence-corrected chi connectivity index (χ3v) is 2.73. The molecule has 1 heterocycles. The zero-order valence-corrected chi connectivity index (χ0v) is 11.0. The topological polar surface area (TPSA) is 44.1 Å². The standard InChI is InChI=1S/C13H22N2O2/c1-4-6-7-8-11(16)13-12(17-3)10-14-15(13)9-5-2/h10H,4-9H2,1-3H3. The van der Waals surface area contributed by atoms with Crippen molar-refractivity contribution >= 4 is 5.78 Å². The van der Waals surface area contributed by atoms with E-state index in [0.29, 0.717) is 17.9 Å². The fourth-order valence-electron chi connectivity index (χ4n) is 1.83. The van der Waals surface area contributed by atoms with Crippen molar-refractivity contribution in [2.45, 2.75) is 52.5 Å². The van der Waals surface area contributed by atoms with E-state index in [-0.39, 0.29) is 5.78 Å². The van der Waals surface area contributed by atoms with E-state index in [9.17, 15) is 4.79 Å². The van der Waals surface area contributed by atoms with Gasteiger partial charge in [0.25, 0.3) is 0 Å². The highest BCUT2D eigenvalue weighted by molar-refractivity contribution is 5.96. The van der Waals surface area contributed by atoms with Gasteiger partial charge in [0.2, 0.25) is 0 Å². The minimum Gasteiger partial charge on any atom is -0.493 e. The third-order valence-electron chi connectivity index (χ3n) is 2.73. The first-order chi connectivity index (χ1) is 8.24. The molecule has 0 saturated carbocycles. The van der Waals surface area contributed by atoms with Crippen LogP contribution in [-0.4, -0.2) is 22.7 Å². The Labute approximate surface area is 103 Å². The van der Waals surface area contributed by atoms with Crippen LogP contribution in [0.5, 0.6) is 5.75 Å². The van der Waals surface area contributed by atoms with Crippen LogP contribution in [0.1, 0.15) is 56.4 Å². The molecule has 0 atom stereocenters. The van der Waals surface area contributed by atoms with Gasteiger partial charge in [-0.2, -0.15) is 5.10 Å². The quantitative estimate of drug-likeness (QED) is 0.516. The van der Waals surface area contributed by atoms with Crippen molar-refractivity contribution in [1.82, 2.24) is 9.78 Å². The van der Waals surface area contributed by atoms with Gasteiger partial charge in [-0.25, -0.2) is 0 Å². The van der Waals surface area contributed by atoms with Gasteiger partial charge in [0.1, 0.15) is 5.69 Å². The molecular formula is C13H22N2O2. The molecule has 0 N–H and O–H groups in total. The second-order valence-electron chi connectivity index (χ2n) is 4.16. The van der Waals surface area contributed by atoms with Crippen LogP contribution in [0.25, 0.3) is 0 Å². The van der Waals surface area contributed by atoms with Crippen LogP contribution < -0.4 is 4.74 Å². The van der Waals surface area contributed by atoms with Crippen molar-refractivity contribution in [2.75, 3.05) is 7.11 Å². The lowest BCUT2D eigenvalue weighted by atomic mass is 10.1. The number of aromatic nitrogens is 2. The van der Waals surface area contributed by atoms with Gasteiger partial charge in [0.05, 0.1) is 13.3 Å². The summed E-state index contributed by atoms with van der Waals surface area (Å²) < 4.78 is 6.95. The summed E-state index contributed by atoms with van der Waals surface area (Å²) in [5, 5.41) is 4.20. The van der Waals surface area contributed by atoms with E-state index in [1.165, 1.54) is 0 Å². The number of carbonyl (C=O) groups is 1. The highest BCUT2D eigenvalue weighted by atomic mass is 16.5. The van der Waals surface area contributed by atoms with E-state index in [0.717, 1.165) is 32.2 Å². The normalized spacial score (nSPS) is 10.5. The van der Waals surface area contributed by atoms with Crippen molar-refractivity contribution in [3.05, 3.63) is 11.9 Å². The number of aryl methyl sites for hydroxylation is 1. The average molecular weight is 238 g/mol. The van der Waals surface area contributed by atoms with Crippen LogP contribution in [-0.2, 0) is 6.54 Å². The van der Waals surface area contributed by atoms with Gasteiger partial charge < -0.3 is 4.74 Å². The maximum atomic E-state index is 12.1. The Bertz CT molecular complexity index is 358. The molecule has 0 aromatic carbocycles. The number of Topliss-reactive ketones (excluding diaryl/α,β-unsaturated/α-hetero) is 1. The molecule has 1 aromatic rings. The fourth-order valence-corrected chi connectivity index (χ4v) is 1.83. The number of ether oxygens (including phenoxy) is 1. The second kappa shape index (κ2) is 7.09. The van der Waals surface area contributed by atoms with Crippen LogP contribution in [0.2, 0.25) is 0 Å². The SMILES string of the molecule is CCCCCC(=O)c1c(OC)cnn1CCC. The molecule has 17 heavy (non-hydrogen) atoms. The minimum absolute atomic E-state index is 0.140. The summed E-state index contributed by atoms with van der Waals surface area (Å²) in [4.78, 5) is 12.1. The molecule has 0 unspecified atom stereocenters. The smallest absolute Gasteiger partial charge is 0.184 e. The Hall–Kier alpha value is -1.32. The molecular weight excluding hydrogens is 216 g/mol. The third kappa shape index (κ3) is 3.58. The molecule has 1 aromatic heterocycles. The van der Waals surface area contributed by atoms with Gasteiger partial charge in [0, 0.05) is 13.0 Å². The molecule has 4 heteroatoms. The van der Waals surface area contributed by atoms with E-state index < -0.39 is 0 Å². The molecule has 0 aliphatic heterocycles. The molecule has 0 spiro atoms. The zero-order valence-electron chi connectivity index (χ0n) is 11.0. The van der Waals surface area contributed by atoms with Crippen molar-refractivity contribution in [3.63, 3.8) is 0 Å². The van der Waals surface area contributed by atoms with E-state index >= 15 is 0 Å². The number of hydrogen-bond acceptors (Lipinski definition) is 3. The summed E-state index contributed by atoms with van der Waals surface area (Å²) in [5.41, 5.74) is 0.630. The van der Waals surface area contributed by atoms with E-state index in [1.807, 2.05) is 0 Å². The van der Waals surface area contributed by atoms with Crippen molar-refractivity contribution in [2.24, 2.45) is 0 Å². The lowest BCUT2D eigenvalue weighted by Gasteiger charge is -2.07. The molecule has 96 valence electrons. The van der Waals surface area contributed by atoms with E-state index in [4.69, 9.17) is 4.74 Å². The molecule has 0 saturated heterocycles. The van der Waals surface area contributed by atoms with Gasteiger partial charge in [-0.05, 0) is 12.8 Å². The molecule has 0 bridgehead atoms. The van der Waals surface area contributed by atoms with Crippen molar-refractivity contribution in [3.8, 4) is 5.75 Å². The Kier molecular flexibility index (Phi) is 5.73. The number of carbonyl (C=O) groups excluding carboxylic acids is 1. The van der Waals surface area contributed by atoms with Crippen LogP contribution in [0.15, 0.2) is 6.20 Å². The predicted molar refractivity (Wildman–Crippen MR) is 67.5 cm³/mol. The molecule has 0 aliphatic carbocycles. The predicted octanol–water partition coefficient (Wildman–Crippen LogP) is 3.06. The number of ketones is 1. The first-order valence-electron chi connectivity index (χ1n) is 6.37.